The van der Waals surface area contributed by atoms with Crippen molar-refractivity contribution in [3.63, 3.8) is 0 Å². The molecule has 0 bridgehead atoms. The van der Waals surface area contributed by atoms with Crippen molar-refractivity contribution in [1.29, 1.82) is 0 Å². The predicted molar refractivity (Wildman–Crippen MR) is 108 cm³/mol. The molecular formula is C21H27N3OS. The monoisotopic (exact) mass is 369 g/mol. The SMILES string of the molecule is CN1CS(=O)c2cc(CCN3CCN(Cc4ccccc4)CC3)ccc21. The summed E-state index contributed by atoms with van der Waals surface area (Å²) >= 11 is 0. The highest BCUT2D eigenvalue weighted by Crippen LogP contribution is 2.31. The first-order chi connectivity index (χ1) is 12.7. The van der Waals surface area contributed by atoms with Crippen LogP contribution < -0.4 is 4.90 Å². The van der Waals surface area contributed by atoms with Gasteiger partial charge in [-0.25, -0.2) is 0 Å². The Kier molecular flexibility index (Phi) is 5.38. The summed E-state index contributed by atoms with van der Waals surface area (Å²) in [6, 6.07) is 17.2. The molecule has 2 aromatic rings. The van der Waals surface area contributed by atoms with Crippen LogP contribution in [0.3, 0.4) is 0 Å². The summed E-state index contributed by atoms with van der Waals surface area (Å²) in [5.74, 6) is 0.627. The zero-order valence-corrected chi connectivity index (χ0v) is 16.3. The molecule has 2 aromatic carbocycles. The van der Waals surface area contributed by atoms with Crippen LogP contribution in [0.4, 0.5) is 5.69 Å². The Morgan fingerprint density at radius 2 is 1.65 bits per heavy atom. The molecule has 0 radical (unpaired) electrons. The van der Waals surface area contributed by atoms with Crippen LogP contribution in [-0.2, 0) is 23.8 Å². The summed E-state index contributed by atoms with van der Waals surface area (Å²) < 4.78 is 12.2. The molecule has 5 heteroatoms. The van der Waals surface area contributed by atoms with Crippen LogP contribution in [0.1, 0.15) is 11.1 Å². The van der Waals surface area contributed by atoms with Crippen molar-refractivity contribution in [3.05, 3.63) is 59.7 Å². The predicted octanol–water partition coefficient (Wildman–Crippen LogP) is 2.56. The molecule has 0 saturated carbocycles. The third kappa shape index (κ3) is 4.00. The first-order valence-electron chi connectivity index (χ1n) is 9.40. The minimum absolute atomic E-state index is 0.627. The second-order valence-corrected chi connectivity index (χ2v) is 8.72. The van der Waals surface area contributed by atoms with E-state index in [1.807, 2.05) is 7.05 Å². The molecule has 2 aliphatic rings. The van der Waals surface area contributed by atoms with Gasteiger partial charge in [0.2, 0.25) is 0 Å². The van der Waals surface area contributed by atoms with E-state index < -0.39 is 10.8 Å². The van der Waals surface area contributed by atoms with Gasteiger partial charge in [0.25, 0.3) is 0 Å². The number of piperazine rings is 1. The Balaban J connectivity index is 1.27. The van der Waals surface area contributed by atoms with Crippen molar-refractivity contribution in [2.45, 2.75) is 17.9 Å². The summed E-state index contributed by atoms with van der Waals surface area (Å²) in [6.45, 7) is 6.67. The molecular weight excluding hydrogens is 342 g/mol. The molecule has 26 heavy (non-hydrogen) atoms. The maximum atomic E-state index is 12.2. The molecule has 2 aliphatic heterocycles. The lowest BCUT2D eigenvalue weighted by Gasteiger charge is -2.34. The molecule has 4 nitrogen and oxygen atoms in total. The lowest BCUT2D eigenvalue weighted by Crippen LogP contribution is -2.46. The van der Waals surface area contributed by atoms with E-state index in [0.29, 0.717) is 5.88 Å². The van der Waals surface area contributed by atoms with E-state index in [-0.39, 0.29) is 0 Å². The van der Waals surface area contributed by atoms with Crippen LogP contribution in [-0.4, -0.2) is 59.7 Å². The number of hydrogen-bond acceptors (Lipinski definition) is 4. The molecule has 0 amide bonds. The fourth-order valence-corrected chi connectivity index (χ4v) is 5.20. The van der Waals surface area contributed by atoms with Gasteiger partial charge in [0.15, 0.2) is 0 Å². The number of anilines is 1. The largest absolute Gasteiger partial charge is 0.361 e. The van der Waals surface area contributed by atoms with Gasteiger partial charge >= 0.3 is 0 Å². The number of nitrogens with zero attached hydrogens (tertiary/aromatic N) is 3. The van der Waals surface area contributed by atoms with Gasteiger partial charge in [-0.3, -0.25) is 9.11 Å². The first-order valence-corrected chi connectivity index (χ1v) is 10.7. The van der Waals surface area contributed by atoms with E-state index in [9.17, 15) is 4.21 Å². The lowest BCUT2D eigenvalue weighted by molar-refractivity contribution is 0.128. The minimum atomic E-state index is -0.865. The third-order valence-corrected chi connectivity index (χ3v) is 6.86. The highest BCUT2D eigenvalue weighted by Gasteiger charge is 2.23. The van der Waals surface area contributed by atoms with Crippen LogP contribution in [0.25, 0.3) is 0 Å². The summed E-state index contributed by atoms with van der Waals surface area (Å²) in [4.78, 5) is 8.19. The molecule has 1 fully saturated rings. The Labute approximate surface area is 158 Å². The van der Waals surface area contributed by atoms with Crippen molar-refractivity contribution < 1.29 is 4.21 Å². The summed E-state index contributed by atoms with van der Waals surface area (Å²) in [7, 11) is 1.15. The van der Waals surface area contributed by atoms with Crippen molar-refractivity contribution in [2.75, 3.05) is 50.5 Å². The molecule has 0 spiro atoms. The van der Waals surface area contributed by atoms with Crippen LogP contribution >= 0.6 is 0 Å². The molecule has 0 N–H and O–H groups in total. The van der Waals surface area contributed by atoms with E-state index in [1.165, 1.54) is 11.1 Å². The van der Waals surface area contributed by atoms with E-state index in [2.05, 4.69) is 63.2 Å². The zero-order chi connectivity index (χ0) is 17.9. The Morgan fingerprint density at radius 1 is 0.923 bits per heavy atom. The van der Waals surface area contributed by atoms with Gasteiger partial charge in [0.1, 0.15) is 0 Å². The fraction of sp³-hybridized carbons (Fsp3) is 0.429. The summed E-state index contributed by atoms with van der Waals surface area (Å²) in [5.41, 5.74) is 3.83. The van der Waals surface area contributed by atoms with Gasteiger partial charge in [0, 0.05) is 46.3 Å². The highest BCUT2D eigenvalue weighted by molar-refractivity contribution is 7.85. The number of benzene rings is 2. The topological polar surface area (TPSA) is 26.8 Å². The molecule has 138 valence electrons. The van der Waals surface area contributed by atoms with E-state index in [1.54, 1.807) is 0 Å². The van der Waals surface area contributed by atoms with E-state index in [4.69, 9.17) is 0 Å². The fourth-order valence-electron chi connectivity index (χ4n) is 3.83. The van der Waals surface area contributed by atoms with Crippen molar-refractivity contribution in [2.24, 2.45) is 0 Å². The Bertz CT molecular complexity index is 772. The zero-order valence-electron chi connectivity index (χ0n) is 15.4. The van der Waals surface area contributed by atoms with Crippen LogP contribution in [0, 0.1) is 0 Å². The van der Waals surface area contributed by atoms with Gasteiger partial charge in [-0.15, -0.1) is 0 Å². The molecule has 1 atom stereocenters. The Morgan fingerprint density at radius 3 is 2.42 bits per heavy atom. The van der Waals surface area contributed by atoms with E-state index >= 15 is 0 Å². The molecule has 4 rings (SSSR count). The maximum Gasteiger partial charge on any atom is 0.0982 e. The average molecular weight is 370 g/mol. The van der Waals surface area contributed by atoms with Gasteiger partial charge in [0.05, 0.1) is 27.3 Å². The molecule has 0 aromatic heterocycles. The second-order valence-electron chi connectivity index (χ2n) is 7.33. The van der Waals surface area contributed by atoms with Gasteiger partial charge < -0.3 is 9.80 Å². The number of fused-ring (bicyclic) bond motifs is 1. The maximum absolute atomic E-state index is 12.2. The smallest absolute Gasteiger partial charge is 0.0982 e. The highest BCUT2D eigenvalue weighted by atomic mass is 32.2. The van der Waals surface area contributed by atoms with Gasteiger partial charge in [-0.05, 0) is 29.7 Å². The quantitative estimate of drug-likeness (QED) is 0.809. The van der Waals surface area contributed by atoms with Gasteiger partial charge in [-0.2, -0.15) is 0 Å². The van der Waals surface area contributed by atoms with E-state index in [0.717, 1.165) is 56.3 Å². The first kappa shape index (κ1) is 17.7. The summed E-state index contributed by atoms with van der Waals surface area (Å²) in [6.07, 6.45) is 1.03. The van der Waals surface area contributed by atoms with Crippen LogP contribution in [0.15, 0.2) is 53.4 Å². The van der Waals surface area contributed by atoms with Crippen LogP contribution in [0.2, 0.25) is 0 Å². The van der Waals surface area contributed by atoms with Crippen molar-refractivity contribution >= 4 is 16.5 Å². The molecule has 0 aliphatic carbocycles. The van der Waals surface area contributed by atoms with Crippen molar-refractivity contribution in [1.82, 2.24) is 9.80 Å². The number of rotatable bonds is 5. The molecule has 2 heterocycles. The minimum Gasteiger partial charge on any atom is -0.361 e. The Hall–Kier alpha value is -1.69. The third-order valence-electron chi connectivity index (χ3n) is 5.42. The second kappa shape index (κ2) is 7.91. The van der Waals surface area contributed by atoms with Gasteiger partial charge in [-0.1, -0.05) is 36.4 Å². The lowest BCUT2D eigenvalue weighted by atomic mass is 10.1. The molecule has 1 unspecified atom stereocenters. The number of hydrogen-bond donors (Lipinski definition) is 0. The summed E-state index contributed by atoms with van der Waals surface area (Å²) in [5, 5.41) is 0. The standard InChI is InChI=1S/C21H27N3OS/c1-22-17-26(25)21-15-18(7-8-20(21)22)9-10-23-11-13-24(14-12-23)16-19-5-3-2-4-6-19/h2-8,15H,9-14,16-17H2,1H3. The molecule has 1 saturated heterocycles. The average Bonchev–Trinajstić information content (AvgIpc) is 2.95. The van der Waals surface area contributed by atoms with Crippen LogP contribution in [0.5, 0.6) is 0 Å². The van der Waals surface area contributed by atoms with Crippen molar-refractivity contribution in [3.8, 4) is 0 Å². The normalized spacial score (nSPS) is 21.1.